The van der Waals surface area contributed by atoms with Crippen molar-refractivity contribution >= 4 is 27.7 Å². The van der Waals surface area contributed by atoms with Crippen LogP contribution < -0.4 is 20.3 Å². The summed E-state index contributed by atoms with van der Waals surface area (Å²) in [6, 6.07) is 8.44. The van der Waals surface area contributed by atoms with E-state index in [9.17, 15) is 14.0 Å². The van der Waals surface area contributed by atoms with E-state index < -0.39 is 17.6 Å². The number of amides is 2. The second-order valence-electron chi connectivity index (χ2n) is 4.61. The SMILES string of the molecule is COc1ccc(C(=O)NNC(=O)c2ccc(Br)c(F)c2)cc1OC. The summed E-state index contributed by atoms with van der Waals surface area (Å²) in [5, 5.41) is 0. The molecule has 0 radical (unpaired) electrons. The second kappa shape index (κ2) is 7.78. The van der Waals surface area contributed by atoms with Gasteiger partial charge in [-0.3, -0.25) is 20.4 Å². The second-order valence-corrected chi connectivity index (χ2v) is 5.46. The summed E-state index contributed by atoms with van der Waals surface area (Å²) < 4.78 is 23.9. The van der Waals surface area contributed by atoms with E-state index in [1.54, 1.807) is 6.07 Å². The van der Waals surface area contributed by atoms with Gasteiger partial charge in [-0.2, -0.15) is 0 Å². The number of halogens is 2. The van der Waals surface area contributed by atoms with Crippen molar-refractivity contribution in [3.8, 4) is 11.5 Å². The monoisotopic (exact) mass is 396 g/mol. The quantitative estimate of drug-likeness (QED) is 0.778. The first kappa shape index (κ1) is 17.7. The van der Waals surface area contributed by atoms with E-state index in [-0.39, 0.29) is 15.6 Å². The number of carbonyl (C=O) groups is 2. The van der Waals surface area contributed by atoms with Gasteiger partial charge in [-0.25, -0.2) is 4.39 Å². The highest BCUT2D eigenvalue weighted by Gasteiger charge is 2.13. The maximum Gasteiger partial charge on any atom is 0.269 e. The van der Waals surface area contributed by atoms with Crippen molar-refractivity contribution in [2.75, 3.05) is 14.2 Å². The minimum atomic E-state index is -0.643. The Labute approximate surface area is 146 Å². The number of benzene rings is 2. The van der Waals surface area contributed by atoms with Crippen molar-refractivity contribution in [3.63, 3.8) is 0 Å². The zero-order valence-electron chi connectivity index (χ0n) is 12.9. The predicted octanol–water partition coefficient (Wildman–Crippen LogP) is 2.68. The molecule has 0 fully saturated rings. The molecule has 0 saturated heterocycles. The topological polar surface area (TPSA) is 76.7 Å². The molecule has 0 bridgehead atoms. The van der Waals surface area contributed by atoms with E-state index in [2.05, 4.69) is 26.8 Å². The lowest BCUT2D eigenvalue weighted by atomic mass is 10.2. The van der Waals surface area contributed by atoms with Crippen molar-refractivity contribution in [1.29, 1.82) is 0 Å². The largest absolute Gasteiger partial charge is 0.493 e. The third-order valence-electron chi connectivity index (χ3n) is 3.12. The fourth-order valence-corrected chi connectivity index (χ4v) is 2.12. The first-order chi connectivity index (χ1) is 11.5. The number of methoxy groups -OCH3 is 2. The van der Waals surface area contributed by atoms with Gasteiger partial charge in [-0.1, -0.05) is 0 Å². The molecule has 6 nitrogen and oxygen atoms in total. The zero-order valence-corrected chi connectivity index (χ0v) is 14.4. The highest BCUT2D eigenvalue weighted by atomic mass is 79.9. The Kier molecular flexibility index (Phi) is 5.75. The summed E-state index contributed by atoms with van der Waals surface area (Å²) in [5.41, 5.74) is 4.80. The highest BCUT2D eigenvalue weighted by Crippen LogP contribution is 2.27. The minimum absolute atomic E-state index is 0.0725. The van der Waals surface area contributed by atoms with Gasteiger partial charge in [0, 0.05) is 11.1 Å². The van der Waals surface area contributed by atoms with Gasteiger partial charge in [0.05, 0.1) is 18.7 Å². The molecule has 0 aliphatic heterocycles. The van der Waals surface area contributed by atoms with Crippen LogP contribution >= 0.6 is 15.9 Å². The molecular formula is C16H14BrFN2O4. The Morgan fingerprint density at radius 2 is 1.46 bits per heavy atom. The van der Waals surface area contributed by atoms with Crippen LogP contribution in [0.3, 0.4) is 0 Å². The number of nitrogens with one attached hydrogen (secondary N) is 2. The van der Waals surface area contributed by atoms with Gasteiger partial charge < -0.3 is 9.47 Å². The number of carbonyl (C=O) groups excluding carboxylic acids is 2. The van der Waals surface area contributed by atoms with Crippen LogP contribution in [-0.4, -0.2) is 26.0 Å². The Morgan fingerprint density at radius 3 is 2.00 bits per heavy atom. The van der Waals surface area contributed by atoms with Gasteiger partial charge in [0.15, 0.2) is 11.5 Å². The summed E-state index contributed by atoms with van der Waals surface area (Å²) >= 11 is 3.00. The van der Waals surface area contributed by atoms with Crippen molar-refractivity contribution in [2.45, 2.75) is 0 Å². The molecule has 0 heterocycles. The maximum atomic E-state index is 13.4. The van der Waals surface area contributed by atoms with Crippen LogP contribution in [0.25, 0.3) is 0 Å². The van der Waals surface area contributed by atoms with E-state index in [1.165, 1.54) is 38.5 Å². The Morgan fingerprint density at radius 1 is 0.917 bits per heavy atom. The molecule has 2 aromatic carbocycles. The molecule has 2 aromatic rings. The third-order valence-corrected chi connectivity index (χ3v) is 3.76. The van der Waals surface area contributed by atoms with Crippen LogP contribution in [-0.2, 0) is 0 Å². The summed E-state index contributed by atoms with van der Waals surface area (Å²) in [6.45, 7) is 0. The van der Waals surface area contributed by atoms with E-state index in [0.29, 0.717) is 11.5 Å². The molecule has 0 unspecified atom stereocenters. The molecular weight excluding hydrogens is 383 g/mol. The maximum absolute atomic E-state index is 13.4. The summed E-state index contributed by atoms with van der Waals surface area (Å²) in [5.74, 6) is -0.916. The first-order valence-corrected chi connectivity index (χ1v) is 7.53. The van der Waals surface area contributed by atoms with E-state index in [0.717, 1.165) is 6.07 Å². The van der Waals surface area contributed by atoms with Gasteiger partial charge in [0.1, 0.15) is 5.82 Å². The summed E-state index contributed by atoms with van der Waals surface area (Å²) in [7, 11) is 2.93. The normalized spacial score (nSPS) is 10.0. The molecule has 0 spiro atoms. The summed E-state index contributed by atoms with van der Waals surface area (Å²) in [4.78, 5) is 24.0. The van der Waals surface area contributed by atoms with Crippen LogP contribution in [0.2, 0.25) is 0 Å². The van der Waals surface area contributed by atoms with Gasteiger partial charge in [-0.15, -0.1) is 0 Å². The Hall–Kier alpha value is -2.61. The predicted molar refractivity (Wildman–Crippen MR) is 88.6 cm³/mol. The number of hydrazine groups is 1. The average molecular weight is 397 g/mol. The van der Waals surface area contributed by atoms with Crippen LogP contribution in [0.15, 0.2) is 40.9 Å². The molecule has 24 heavy (non-hydrogen) atoms. The molecule has 0 aromatic heterocycles. The molecule has 2 rings (SSSR count). The first-order valence-electron chi connectivity index (χ1n) is 6.74. The Balaban J connectivity index is 2.04. The number of rotatable bonds is 4. The Bertz CT molecular complexity index is 783. The fourth-order valence-electron chi connectivity index (χ4n) is 1.87. The lowest BCUT2D eigenvalue weighted by Gasteiger charge is -2.11. The molecule has 126 valence electrons. The minimum Gasteiger partial charge on any atom is -0.493 e. The highest BCUT2D eigenvalue weighted by molar-refractivity contribution is 9.10. The number of ether oxygens (including phenoxy) is 2. The molecule has 2 amide bonds. The van der Waals surface area contributed by atoms with Gasteiger partial charge >= 0.3 is 0 Å². The van der Waals surface area contributed by atoms with Crippen molar-refractivity contribution in [1.82, 2.24) is 10.9 Å². The van der Waals surface area contributed by atoms with Crippen LogP contribution in [0.1, 0.15) is 20.7 Å². The lowest BCUT2D eigenvalue weighted by molar-refractivity contribution is 0.0846. The van der Waals surface area contributed by atoms with Crippen molar-refractivity contribution in [2.24, 2.45) is 0 Å². The zero-order chi connectivity index (χ0) is 17.7. The molecule has 0 atom stereocenters. The lowest BCUT2D eigenvalue weighted by Crippen LogP contribution is -2.41. The third kappa shape index (κ3) is 4.02. The molecule has 0 aliphatic rings. The molecule has 8 heteroatoms. The molecule has 0 saturated carbocycles. The van der Waals surface area contributed by atoms with Crippen molar-refractivity contribution < 1.29 is 23.5 Å². The van der Waals surface area contributed by atoms with Crippen LogP contribution in [0.4, 0.5) is 4.39 Å². The molecule has 0 aliphatic carbocycles. The number of hydrogen-bond acceptors (Lipinski definition) is 4. The van der Waals surface area contributed by atoms with Gasteiger partial charge in [0.25, 0.3) is 11.8 Å². The average Bonchev–Trinajstić information content (AvgIpc) is 2.60. The van der Waals surface area contributed by atoms with Crippen molar-refractivity contribution in [3.05, 3.63) is 57.8 Å². The van der Waals surface area contributed by atoms with E-state index >= 15 is 0 Å². The fraction of sp³-hybridized carbons (Fsp3) is 0.125. The van der Waals surface area contributed by atoms with E-state index in [4.69, 9.17) is 9.47 Å². The van der Waals surface area contributed by atoms with E-state index in [1.807, 2.05) is 0 Å². The summed E-state index contributed by atoms with van der Waals surface area (Å²) in [6.07, 6.45) is 0. The smallest absolute Gasteiger partial charge is 0.269 e. The van der Waals surface area contributed by atoms with Crippen LogP contribution in [0, 0.1) is 5.82 Å². The van der Waals surface area contributed by atoms with Gasteiger partial charge in [0.2, 0.25) is 0 Å². The number of hydrogen-bond donors (Lipinski definition) is 2. The van der Waals surface area contributed by atoms with Crippen LogP contribution in [0.5, 0.6) is 11.5 Å². The standard InChI is InChI=1S/C16H14BrFN2O4/c1-23-13-6-4-10(8-14(13)24-2)16(22)20-19-15(21)9-3-5-11(17)12(18)7-9/h3-8H,1-2H3,(H,19,21)(H,20,22). The van der Waals surface area contributed by atoms with Gasteiger partial charge in [-0.05, 0) is 52.3 Å². The molecule has 2 N–H and O–H groups in total.